The number of nitrogens with one attached hydrogen (secondary N) is 1. The van der Waals surface area contributed by atoms with Gasteiger partial charge in [-0.05, 0) is 44.4 Å². The van der Waals surface area contributed by atoms with Gasteiger partial charge in [-0.3, -0.25) is 14.3 Å². The van der Waals surface area contributed by atoms with Gasteiger partial charge in [-0.25, -0.2) is 0 Å². The first-order valence-electron chi connectivity index (χ1n) is 8.72. The number of unbranched alkanes of at least 4 members (excludes halogenated alkanes) is 1. The lowest BCUT2D eigenvalue weighted by Gasteiger charge is -2.24. The van der Waals surface area contributed by atoms with Gasteiger partial charge in [0.05, 0.1) is 12.8 Å². The van der Waals surface area contributed by atoms with Crippen molar-refractivity contribution in [3.63, 3.8) is 0 Å². The number of aromatic nitrogens is 3. The van der Waals surface area contributed by atoms with Crippen molar-refractivity contribution in [2.75, 3.05) is 19.7 Å². The summed E-state index contributed by atoms with van der Waals surface area (Å²) in [6.45, 7) is 6.27. The third kappa shape index (κ3) is 6.99. The molecule has 1 unspecified atom stereocenters. The molecule has 1 aliphatic rings. The molecule has 0 spiro atoms. The highest BCUT2D eigenvalue weighted by molar-refractivity contribution is 8.14. The van der Waals surface area contributed by atoms with Crippen LogP contribution in [0.15, 0.2) is 11.8 Å². The average Bonchev–Trinajstić information content (AvgIpc) is 3.01. The second-order valence-electron chi connectivity index (χ2n) is 5.95. The minimum atomic E-state index is -0.148. The Kier molecular flexibility index (Phi) is 8.14. The fourth-order valence-corrected chi connectivity index (χ4v) is 3.64. The lowest BCUT2D eigenvalue weighted by atomic mass is 10.1. The Morgan fingerprint density at radius 1 is 1.48 bits per heavy atom. The molecule has 1 atom stereocenters. The molecule has 0 radical (unpaired) electrons. The SMILES string of the molecule is CCOC(=O)CCCCn1cc(C=C2CNCCC2SC(C)=O)nn1. The maximum atomic E-state index is 11.4. The first-order chi connectivity index (χ1) is 12.1. The number of nitrogens with zero attached hydrogens (tertiary/aromatic N) is 3. The van der Waals surface area contributed by atoms with Gasteiger partial charge in [-0.1, -0.05) is 17.0 Å². The van der Waals surface area contributed by atoms with Crippen LogP contribution in [0.1, 0.15) is 45.2 Å². The summed E-state index contributed by atoms with van der Waals surface area (Å²) in [7, 11) is 0. The molecule has 0 amide bonds. The van der Waals surface area contributed by atoms with Crippen molar-refractivity contribution in [1.29, 1.82) is 0 Å². The normalized spacial score (nSPS) is 19.1. The molecule has 0 aliphatic carbocycles. The molecule has 1 aromatic heterocycles. The zero-order chi connectivity index (χ0) is 18.1. The molecule has 0 bridgehead atoms. The van der Waals surface area contributed by atoms with Gasteiger partial charge < -0.3 is 10.1 Å². The number of thioether (sulfide) groups is 1. The van der Waals surface area contributed by atoms with Crippen LogP contribution < -0.4 is 5.32 Å². The van der Waals surface area contributed by atoms with E-state index in [1.807, 2.05) is 19.2 Å². The number of piperidine rings is 1. The predicted octanol–water partition coefficient (Wildman–Crippen LogP) is 2.04. The smallest absolute Gasteiger partial charge is 0.305 e. The molecule has 1 aliphatic heterocycles. The summed E-state index contributed by atoms with van der Waals surface area (Å²) < 4.78 is 6.70. The Balaban J connectivity index is 1.85. The summed E-state index contributed by atoms with van der Waals surface area (Å²) in [5.41, 5.74) is 1.99. The number of ether oxygens (including phenoxy) is 1. The van der Waals surface area contributed by atoms with Crippen molar-refractivity contribution in [2.24, 2.45) is 0 Å². The van der Waals surface area contributed by atoms with Crippen molar-refractivity contribution in [3.05, 3.63) is 17.5 Å². The van der Waals surface area contributed by atoms with Crippen molar-refractivity contribution >= 4 is 28.9 Å². The third-order valence-electron chi connectivity index (χ3n) is 3.85. The first-order valence-corrected chi connectivity index (χ1v) is 9.60. The maximum Gasteiger partial charge on any atom is 0.305 e. The maximum absolute atomic E-state index is 11.4. The number of aryl methyl sites for hydroxylation is 1. The zero-order valence-electron chi connectivity index (χ0n) is 14.9. The highest BCUT2D eigenvalue weighted by Gasteiger charge is 2.21. The number of rotatable bonds is 8. The van der Waals surface area contributed by atoms with E-state index in [4.69, 9.17) is 4.74 Å². The van der Waals surface area contributed by atoms with Crippen molar-refractivity contribution in [2.45, 2.75) is 51.3 Å². The monoisotopic (exact) mass is 366 g/mol. The van der Waals surface area contributed by atoms with E-state index < -0.39 is 0 Å². The quantitative estimate of drug-likeness (QED) is 0.556. The van der Waals surface area contributed by atoms with E-state index in [-0.39, 0.29) is 16.3 Å². The van der Waals surface area contributed by atoms with Crippen LogP contribution in [0.3, 0.4) is 0 Å². The summed E-state index contributed by atoms with van der Waals surface area (Å²) in [6, 6.07) is 0. The van der Waals surface area contributed by atoms with Crippen LogP contribution in [0.5, 0.6) is 0 Å². The second kappa shape index (κ2) is 10.4. The predicted molar refractivity (Wildman–Crippen MR) is 98.0 cm³/mol. The Morgan fingerprint density at radius 3 is 3.08 bits per heavy atom. The lowest BCUT2D eigenvalue weighted by Crippen LogP contribution is -2.32. The summed E-state index contributed by atoms with van der Waals surface area (Å²) in [4.78, 5) is 22.7. The van der Waals surface area contributed by atoms with Gasteiger partial charge >= 0.3 is 5.97 Å². The molecule has 1 aromatic rings. The van der Waals surface area contributed by atoms with Crippen LogP contribution in [0, 0.1) is 0 Å². The van der Waals surface area contributed by atoms with E-state index in [0.717, 1.165) is 44.6 Å². The van der Waals surface area contributed by atoms with E-state index in [1.54, 1.807) is 11.6 Å². The molecule has 0 aromatic carbocycles. The minimum absolute atomic E-state index is 0.142. The van der Waals surface area contributed by atoms with Crippen LogP contribution in [0.4, 0.5) is 0 Å². The number of carbonyl (C=O) groups excluding carboxylic acids is 2. The first kappa shape index (κ1) is 19.7. The molecule has 7 nitrogen and oxygen atoms in total. The molecule has 25 heavy (non-hydrogen) atoms. The van der Waals surface area contributed by atoms with Crippen molar-refractivity contribution in [1.82, 2.24) is 20.3 Å². The topological polar surface area (TPSA) is 86.1 Å². The number of hydrogen-bond acceptors (Lipinski definition) is 7. The van der Waals surface area contributed by atoms with E-state index in [2.05, 4.69) is 15.6 Å². The summed E-state index contributed by atoms with van der Waals surface area (Å²) in [6.07, 6.45) is 6.93. The van der Waals surface area contributed by atoms with Crippen LogP contribution >= 0.6 is 11.8 Å². The van der Waals surface area contributed by atoms with Crippen LogP contribution in [0.2, 0.25) is 0 Å². The standard InChI is InChI=1S/C17H26N4O3S/c1-3-24-17(23)6-4-5-9-21-12-15(19-20-21)10-14-11-18-8-7-16(14)25-13(2)22/h10,12,16,18H,3-9,11H2,1-2H3. The van der Waals surface area contributed by atoms with Gasteiger partial charge in [0.25, 0.3) is 0 Å². The van der Waals surface area contributed by atoms with E-state index in [9.17, 15) is 9.59 Å². The third-order valence-corrected chi connectivity index (χ3v) is 5.00. The lowest BCUT2D eigenvalue weighted by molar-refractivity contribution is -0.143. The van der Waals surface area contributed by atoms with Crippen molar-refractivity contribution in [3.8, 4) is 0 Å². The Morgan fingerprint density at radius 2 is 2.32 bits per heavy atom. The molecule has 2 rings (SSSR count). The molecule has 1 N–H and O–H groups in total. The van der Waals surface area contributed by atoms with E-state index >= 15 is 0 Å². The molecular weight excluding hydrogens is 340 g/mol. The van der Waals surface area contributed by atoms with Gasteiger partial charge in [-0.15, -0.1) is 5.10 Å². The fraction of sp³-hybridized carbons (Fsp3) is 0.647. The summed E-state index contributed by atoms with van der Waals surface area (Å²) in [5, 5.41) is 12.0. The highest BCUT2D eigenvalue weighted by atomic mass is 32.2. The largest absolute Gasteiger partial charge is 0.466 e. The molecule has 0 saturated carbocycles. The number of carbonyl (C=O) groups is 2. The number of esters is 1. The highest BCUT2D eigenvalue weighted by Crippen LogP contribution is 2.26. The fourth-order valence-electron chi connectivity index (χ4n) is 2.70. The molecule has 2 heterocycles. The average molecular weight is 366 g/mol. The molecule has 8 heteroatoms. The Bertz CT molecular complexity index is 615. The molecule has 1 fully saturated rings. The van der Waals surface area contributed by atoms with Gasteiger partial charge in [-0.2, -0.15) is 0 Å². The van der Waals surface area contributed by atoms with Gasteiger partial charge in [0, 0.05) is 31.7 Å². The molecular formula is C17H26N4O3S. The Hall–Kier alpha value is -1.67. The van der Waals surface area contributed by atoms with E-state index in [1.165, 1.54) is 17.3 Å². The number of hydrogen-bond donors (Lipinski definition) is 1. The van der Waals surface area contributed by atoms with Crippen LogP contribution in [0.25, 0.3) is 6.08 Å². The summed E-state index contributed by atoms with van der Waals surface area (Å²) in [5.74, 6) is -0.148. The van der Waals surface area contributed by atoms with Crippen LogP contribution in [-0.4, -0.2) is 51.0 Å². The summed E-state index contributed by atoms with van der Waals surface area (Å²) >= 11 is 1.39. The molecule has 138 valence electrons. The minimum Gasteiger partial charge on any atom is -0.466 e. The van der Waals surface area contributed by atoms with Gasteiger partial charge in [0.15, 0.2) is 5.12 Å². The van der Waals surface area contributed by atoms with E-state index in [0.29, 0.717) is 13.0 Å². The molecule has 1 saturated heterocycles. The van der Waals surface area contributed by atoms with Crippen molar-refractivity contribution < 1.29 is 14.3 Å². The van der Waals surface area contributed by atoms with Crippen LogP contribution in [-0.2, 0) is 20.9 Å². The van der Waals surface area contributed by atoms with Gasteiger partial charge in [0.1, 0.15) is 5.69 Å². The second-order valence-corrected chi connectivity index (χ2v) is 7.33. The Labute approximate surface area is 152 Å². The zero-order valence-corrected chi connectivity index (χ0v) is 15.7. The van der Waals surface area contributed by atoms with Gasteiger partial charge in [0.2, 0.25) is 0 Å².